The SMILES string of the molecule is CC(=O)N1CCC(N2CC(n3cc(NC(=O)c4cccc(-c5cc[nH]n5)n4)c(C(F)F)n3)C2)CC1. The van der Waals surface area contributed by atoms with E-state index >= 15 is 0 Å². The Bertz CT molecular complexity index is 1200. The summed E-state index contributed by atoms with van der Waals surface area (Å²) in [5.41, 5.74) is 0.667. The molecule has 12 heteroatoms. The number of carbonyl (C=O) groups excluding carboxylic acids is 2. The number of H-pyrrole nitrogens is 1. The van der Waals surface area contributed by atoms with Gasteiger partial charge in [0.15, 0.2) is 5.69 Å². The van der Waals surface area contributed by atoms with Crippen LogP contribution >= 0.6 is 0 Å². The van der Waals surface area contributed by atoms with Crippen LogP contribution in [0.25, 0.3) is 11.4 Å². The highest BCUT2D eigenvalue weighted by Crippen LogP contribution is 2.32. The summed E-state index contributed by atoms with van der Waals surface area (Å²) in [6.07, 6.45) is 2.08. The summed E-state index contributed by atoms with van der Waals surface area (Å²) >= 11 is 0. The van der Waals surface area contributed by atoms with Gasteiger partial charge in [0, 0.05) is 51.5 Å². The summed E-state index contributed by atoms with van der Waals surface area (Å²) in [6, 6.07) is 6.93. The van der Waals surface area contributed by atoms with Gasteiger partial charge in [-0.25, -0.2) is 13.8 Å². The molecule has 2 saturated heterocycles. The average molecular weight is 485 g/mol. The molecule has 2 fully saturated rings. The fourth-order valence-electron chi connectivity index (χ4n) is 4.64. The molecule has 35 heavy (non-hydrogen) atoms. The van der Waals surface area contributed by atoms with Crippen molar-refractivity contribution in [2.75, 3.05) is 31.5 Å². The first-order valence-electron chi connectivity index (χ1n) is 11.5. The Labute approximate surface area is 200 Å². The molecule has 10 nitrogen and oxygen atoms in total. The topological polar surface area (TPSA) is 112 Å². The molecular formula is C23H26F2N8O2. The summed E-state index contributed by atoms with van der Waals surface area (Å²) in [4.78, 5) is 32.8. The van der Waals surface area contributed by atoms with Crippen molar-refractivity contribution in [1.29, 1.82) is 0 Å². The molecule has 0 radical (unpaired) electrons. The molecule has 5 rings (SSSR count). The Hall–Kier alpha value is -3.67. The van der Waals surface area contributed by atoms with Crippen LogP contribution in [-0.4, -0.2) is 78.8 Å². The molecule has 5 heterocycles. The van der Waals surface area contributed by atoms with Gasteiger partial charge in [0.2, 0.25) is 5.91 Å². The van der Waals surface area contributed by atoms with E-state index < -0.39 is 18.0 Å². The highest BCUT2D eigenvalue weighted by Gasteiger charge is 2.36. The van der Waals surface area contributed by atoms with Gasteiger partial charge in [-0.3, -0.25) is 24.3 Å². The zero-order chi connectivity index (χ0) is 24.5. The lowest BCUT2D eigenvalue weighted by molar-refractivity contribution is -0.130. The van der Waals surface area contributed by atoms with E-state index in [0.29, 0.717) is 30.5 Å². The monoisotopic (exact) mass is 484 g/mol. The largest absolute Gasteiger partial charge is 0.343 e. The third-order valence-corrected chi connectivity index (χ3v) is 6.65. The van der Waals surface area contributed by atoms with Crippen LogP contribution in [-0.2, 0) is 4.79 Å². The van der Waals surface area contributed by atoms with Crippen LogP contribution in [0.1, 0.15) is 48.4 Å². The Balaban J connectivity index is 1.24. The normalized spacial score (nSPS) is 17.5. The molecule has 3 aromatic heterocycles. The molecular weight excluding hydrogens is 458 g/mol. The van der Waals surface area contributed by atoms with Gasteiger partial charge in [0.1, 0.15) is 11.4 Å². The summed E-state index contributed by atoms with van der Waals surface area (Å²) in [5, 5.41) is 13.4. The summed E-state index contributed by atoms with van der Waals surface area (Å²) in [7, 11) is 0. The second-order valence-corrected chi connectivity index (χ2v) is 8.88. The Kier molecular flexibility index (Phi) is 6.29. The fourth-order valence-corrected chi connectivity index (χ4v) is 4.64. The van der Waals surface area contributed by atoms with Crippen LogP contribution < -0.4 is 5.32 Å². The van der Waals surface area contributed by atoms with Crippen molar-refractivity contribution in [2.24, 2.45) is 0 Å². The molecule has 0 unspecified atom stereocenters. The molecule has 0 bridgehead atoms. The van der Waals surface area contributed by atoms with Crippen LogP contribution in [0.15, 0.2) is 36.7 Å². The van der Waals surface area contributed by atoms with E-state index in [1.54, 1.807) is 31.3 Å². The predicted molar refractivity (Wildman–Crippen MR) is 123 cm³/mol. The van der Waals surface area contributed by atoms with Crippen LogP contribution in [0.3, 0.4) is 0 Å². The number of aromatic amines is 1. The van der Waals surface area contributed by atoms with Gasteiger partial charge in [-0.1, -0.05) is 6.07 Å². The molecule has 2 N–H and O–H groups in total. The zero-order valence-corrected chi connectivity index (χ0v) is 19.2. The molecule has 0 atom stereocenters. The number of pyridine rings is 1. The van der Waals surface area contributed by atoms with Crippen LogP contribution in [0.4, 0.5) is 14.5 Å². The molecule has 0 aliphatic carbocycles. The number of alkyl halides is 2. The maximum Gasteiger partial charge on any atom is 0.284 e. The lowest BCUT2D eigenvalue weighted by Crippen LogP contribution is -2.56. The third-order valence-electron chi connectivity index (χ3n) is 6.65. The van der Waals surface area contributed by atoms with Crippen LogP contribution in [0, 0.1) is 0 Å². The molecule has 184 valence electrons. The highest BCUT2D eigenvalue weighted by atomic mass is 19.3. The molecule has 0 saturated carbocycles. The molecule has 0 aromatic carbocycles. The molecule has 2 aliphatic heterocycles. The second-order valence-electron chi connectivity index (χ2n) is 8.88. The van der Waals surface area contributed by atoms with Crippen molar-refractivity contribution >= 4 is 17.5 Å². The first-order chi connectivity index (χ1) is 16.9. The predicted octanol–water partition coefficient (Wildman–Crippen LogP) is 2.73. The van der Waals surface area contributed by atoms with Gasteiger partial charge in [0.05, 0.1) is 17.4 Å². The standard InChI is InChI=1S/C23H26F2N8O2/c1-14(34)31-9-6-15(7-10-31)32-11-16(12-32)33-13-20(21(30-33)22(24)25)28-23(35)19-4-2-3-17(27-19)18-5-8-26-29-18/h2-5,8,13,15-16,22H,6-7,9-12H2,1H3,(H,26,29)(H,28,35). The lowest BCUT2D eigenvalue weighted by atomic mass is 9.97. The van der Waals surface area contributed by atoms with E-state index in [1.807, 2.05) is 4.90 Å². The van der Waals surface area contributed by atoms with Crippen molar-refractivity contribution in [1.82, 2.24) is 34.8 Å². The van der Waals surface area contributed by atoms with Crippen molar-refractivity contribution in [2.45, 2.75) is 38.3 Å². The lowest BCUT2D eigenvalue weighted by Gasteiger charge is -2.47. The van der Waals surface area contributed by atoms with Crippen LogP contribution in [0.2, 0.25) is 0 Å². The van der Waals surface area contributed by atoms with Gasteiger partial charge in [-0.2, -0.15) is 10.2 Å². The van der Waals surface area contributed by atoms with Crippen LogP contribution in [0.5, 0.6) is 0 Å². The number of carbonyl (C=O) groups is 2. The van der Waals surface area contributed by atoms with Crippen molar-refractivity contribution in [3.8, 4) is 11.4 Å². The second kappa shape index (κ2) is 9.53. The molecule has 2 amide bonds. The number of aromatic nitrogens is 5. The number of halogens is 2. The minimum Gasteiger partial charge on any atom is -0.343 e. The van der Waals surface area contributed by atoms with Crippen molar-refractivity contribution in [3.63, 3.8) is 0 Å². The fraction of sp³-hybridized carbons (Fsp3) is 0.435. The smallest absolute Gasteiger partial charge is 0.284 e. The Morgan fingerprint density at radius 2 is 1.89 bits per heavy atom. The molecule has 2 aliphatic rings. The van der Waals surface area contributed by atoms with E-state index in [2.05, 4.69) is 30.5 Å². The van der Waals surface area contributed by atoms with Gasteiger partial charge in [0.25, 0.3) is 12.3 Å². The first kappa shape index (κ1) is 23.1. The van der Waals surface area contributed by atoms with Crippen molar-refractivity contribution in [3.05, 3.63) is 48.0 Å². The van der Waals surface area contributed by atoms with Gasteiger partial charge >= 0.3 is 0 Å². The zero-order valence-electron chi connectivity index (χ0n) is 19.2. The number of hydrogen-bond acceptors (Lipinski definition) is 6. The quantitative estimate of drug-likeness (QED) is 0.557. The summed E-state index contributed by atoms with van der Waals surface area (Å²) in [5.74, 6) is -0.505. The maximum absolute atomic E-state index is 13.7. The Morgan fingerprint density at radius 3 is 2.54 bits per heavy atom. The minimum atomic E-state index is -2.83. The number of rotatable bonds is 6. The van der Waals surface area contributed by atoms with Gasteiger partial charge in [-0.15, -0.1) is 0 Å². The minimum absolute atomic E-state index is 0.0230. The van der Waals surface area contributed by atoms with Gasteiger partial charge in [-0.05, 0) is 31.0 Å². The maximum atomic E-state index is 13.7. The van der Waals surface area contributed by atoms with E-state index in [1.165, 1.54) is 16.9 Å². The summed E-state index contributed by atoms with van der Waals surface area (Å²) < 4.78 is 28.9. The van der Waals surface area contributed by atoms with Gasteiger partial charge < -0.3 is 10.2 Å². The molecule has 3 aromatic rings. The van der Waals surface area contributed by atoms with E-state index in [0.717, 1.165) is 25.9 Å². The number of nitrogens with zero attached hydrogens (tertiary/aromatic N) is 6. The summed E-state index contributed by atoms with van der Waals surface area (Å²) in [6.45, 7) is 4.44. The number of amides is 2. The number of anilines is 1. The number of hydrogen-bond donors (Lipinski definition) is 2. The Morgan fingerprint density at radius 1 is 1.11 bits per heavy atom. The highest BCUT2D eigenvalue weighted by molar-refractivity contribution is 6.03. The van der Waals surface area contributed by atoms with Crippen molar-refractivity contribution < 1.29 is 18.4 Å². The number of piperidine rings is 1. The number of nitrogens with one attached hydrogen (secondary N) is 2. The van der Waals surface area contributed by atoms with E-state index in [9.17, 15) is 18.4 Å². The average Bonchev–Trinajstić information content (AvgIpc) is 3.49. The molecule has 0 spiro atoms. The van der Waals surface area contributed by atoms with E-state index in [-0.39, 0.29) is 23.3 Å². The van der Waals surface area contributed by atoms with E-state index in [4.69, 9.17) is 0 Å². The first-order valence-corrected chi connectivity index (χ1v) is 11.5. The number of likely N-dealkylation sites (tertiary alicyclic amines) is 2. The third kappa shape index (κ3) is 4.78.